The van der Waals surface area contributed by atoms with E-state index in [1.165, 1.54) is 12.8 Å². The van der Waals surface area contributed by atoms with E-state index in [1.54, 1.807) is 0 Å². The molecule has 2 heterocycles. The minimum Gasteiger partial charge on any atom is -0.295 e. The van der Waals surface area contributed by atoms with Crippen LogP contribution in [0.25, 0.3) is 0 Å². The molecule has 16 heavy (non-hydrogen) atoms. The first-order valence-corrected chi connectivity index (χ1v) is 7.75. The van der Waals surface area contributed by atoms with E-state index >= 15 is 0 Å². The van der Waals surface area contributed by atoms with Gasteiger partial charge in [-0.3, -0.25) is 9.08 Å². The Hall–Kier alpha value is -0.130. The van der Waals surface area contributed by atoms with E-state index in [0.717, 1.165) is 25.6 Å². The van der Waals surface area contributed by atoms with Gasteiger partial charge in [-0.05, 0) is 46.1 Å². The van der Waals surface area contributed by atoms with Gasteiger partial charge in [0.1, 0.15) is 0 Å². The predicted octanol–water partition coefficient (Wildman–Crippen LogP) is 1.37. The van der Waals surface area contributed by atoms with Crippen molar-refractivity contribution in [2.45, 2.75) is 57.2 Å². The Morgan fingerprint density at radius 1 is 1.38 bits per heavy atom. The second kappa shape index (κ2) is 3.96. The lowest BCUT2D eigenvalue weighted by Crippen LogP contribution is -2.54. The zero-order chi connectivity index (χ0) is 12.0. The van der Waals surface area contributed by atoms with Crippen LogP contribution in [0.3, 0.4) is 0 Å². The first-order valence-electron chi connectivity index (χ1n) is 5.93. The Morgan fingerprint density at radius 3 is 2.69 bits per heavy atom. The van der Waals surface area contributed by atoms with E-state index in [-0.39, 0.29) is 11.6 Å². The number of rotatable bonds is 2. The summed E-state index contributed by atoms with van der Waals surface area (Å²) in [6, 6.07) is 0.510. The fraction of sp³-hybridized carbons (Fsp3) is 1.00. The lowest BCUT2D eigenvalue weighted by molar-refractivity contribution is -0.00711. The van der Waals surface area contributed by atoms with E-state index in [9.17, 15) is 8.42 Å². The molecule has 2 saturated heterocycles. The van der Waals surface area contributed by atoms with Gasteiger partial charge < -0.3 is 0 Å². The third kappa shape index (κ3) is 2.57. The van der Waals surface area contributed by atoms with E-state index in [0.29, 0.717) is 6.04 Å². The van der Waals surface area contributed by atoms with Crippen molar-refractivity contribution in [3.05, 3.63) is 0 Å². The van der Waals surface area contributed by atoms with Gasteiger partial charge in [0.05, 0.1) is 12.4 Å². The summed E-state index contributed by atoms with van der Waals surface area (Å²) in [5, 5.41) is 0. The van der Waals surface area contributed by atoms with Crippen LogP contribution in [0.15, 0.2) is 0 Å². The number of piperidine rings is 1. The summed E-state index contributed by atoms with van der Waals surface area (Å²) in [4.78, 5) is 2.51. The monoisotopic (exact) mass is 247 g/mol. The second-order valence-electron chi connectivity index (χ2n) is 5.66. The molecule has 0 radical (unpaired) electrons. The molecule has 5 heteroatoms. The van der Waals surface area contributed by atoms with Crippen molar-refractivity contribution < 1.29 is 12.6 Å². The van der Waals surface area contributed by atoms with Gasteiger partial charge in [0.2, 0.25) is 0 Å². The molecule has 2 aliphatic rings. The molecule has 2 aliphatic heterocycles. The summed E-state index contributed by atoms with van der Waals surface area (Å²) >= 11 is 0. The molecule has 0 spiro atoms. The van der Waals surface area contributed by atoms with Gasteiger partial charge in [-0.25, -0.2) is 0 Å². The van der Waals surface area contributed by atoms with Crippen molar-refractivity contribution in [1.82, 2.24) is 4.90 Å². The van der Waals surface area contributed by atoms with Gasteiger partial charge in [0.15, 0.2) is 0 Å². The van der Waals surface area contributed by atoms with Crippen molar-refractivity contribution in [2.24, 2.45) is 0 Å². The zero-order valence-electron chi connectivity index (χ0n) is 10.3. The minimum absolute atomic E-state index is 0.0643. The molecule has 0 aromatic carbocycles. The summed E-state index contributed by atoms with van der Waals surface area (Å²) in [5.74, 6) is 0. The van der Waals surface area contributed by atoms with Crippen molar-refractivity contribution >= 4 is 10.1 Å². The average molecular weight is 247 g/mol. The molecule has 2 fully saturated rings. The van der Waals surface area contributed by atoms with E-state index in [4.69, 9.17) is 4.18 Å². The quantitative estimate of drug-likeness (QED) is 0.691. The van der Waals surface area contributed by atoms with Crippen molar-refractivity contribution in [2.75, 3.05) is 12.8 Å². The van der Waals surface area contributed by atoms with Crippen molar-refractivity contribution in [3.8, 4) is 0 Å². The van der Waals surface area contributed by atoms with Gasteiger partial charge in [-0.15, -0.1) is 0 Å². The average Bonchev–Trinajstić information content (AvgIpc) is 2.47. The Kier molecular flexibility index (Phi) is 3.05. The molecule has 0 N–H and O–H groups in total. The molecular formula is C11H21NO3S. The highest BCUT2D eigenvalue weighted by molar-refractivity contribution is 7.86. The lowest BCUT2D eigenvalue weighted by Gasteiger charge is -2.47. The van der Waals surface area contributed by atoms with Crippen LogP contribution in [-0.4, -0.2) is 43.8 Å². The molecule has 4 nitrogen and oxygen atoms in total. The van der Waals surface area contributed by atoms with Crippen LogP contribution >= 0.6 is 0 Å². The summed E-state index contributed by atoms with van der Waals surface area (Å²) < 4.78 is 27.5. The number of nitrogens with zero attached hydrogens (tertiary/aromatic N) is 1. The molecule has 0 aromatic rings. The topological polar surface area (TPSA) is 46.6 Å². The summed E-state index contributed by atoms with van der Waals surface area (Å²) in [7, 11) is -3.32. The maximum atomic E-state index is 11.2. The number of fused-ring (bicyclic) bond motifs is 1. The van der Waals surface area contributed by atoms with Crippen LogP contribution in [0.4, 0.5) is 0 Å². The Balaban J connectivity index is 2.09. The Labute approximate surface area is 98.1 Å². The highest BCUT2D eigenvalue weighted by Gasteiger charge is 2.43. The molecule has 2 unspecified atom stereocenters. The van der Waals surface area contributed by atoms with Crippen LogP contribution in [0, 0.1) is 0 Å². The van der Waals surface area contributed by atoms with Gasteiger partial charge >= 0.3 is 0 Å². The lowest BCUT2D eigenvalue weighted by atomic mass is 9.85. The van der Waals surface area contributed by atoms with Gasteiger partial charge in [-0.1, -0.05) is 0 Å². The van der Waals surface area contributed by atoms with Crippen molar-refractivity contribution in [3.63, 3.8) is 0 Å². The molecular weight excluding hydrogens is 226 g/mol. The molecule has 0 amide bonds. The Morgan fingerprint density at radius 2 is 2.06 bits per heavy atom. The van der Waals surface area contributed by atoms with E-state index in [1.807, 2.05) is 0 Å². The zero-order valence-corrected chi connectivity index (χ0v) is 11.1. The van der Waals surface area contributed by atoms with Crippen molar-refractivity contribution in [1.29, 1.82) is 0 Å². The van der Waals surface area contributed by atoms with Gasteiger partial charge in [0, 0.05) is 11.6 Å². The summed E-state index contributed by atoms with van der Waals surface area (Å²) in [6.07, 6.45) is 5.06. The SMILES string of the molecule is CC1(C)CC(OS(C)(=O)=O)CC2CCCN21. The maximum absolute atomic E-state index is 11.2. The van der Waals surface area contributed by atoms with E-state index < -0.39 is 10.1 Å². The van der Waals surface area contributed by atoms with Crippen LogP contribution in [0.5, 0.6) is 0 Å². The molecule has 2 atom stereocenters. The fourth-order valence-electron chi connectivity index (χ4n) is 3.26. The van der Waals surface area contributed by atoms with Crippen LogP contribution in [0.2, 0.25) is 0 Å². The largest absolute Gasteiger partial charge is 0.295 e. The summed E-state index contributed by atoms with van der Waals surface area (Å²) in [6.45, 7) is 5.51. The number of hydrogen-bond donors (Lipinski definition) is 0. The Bertz CT molecular complexity index is 363. The van der Waals surface area contributed by atoms with Crippen LogP contribution < -0.4 is 0 Å². The fourth-order valence-corrected chi connectivity index (χ4v) is 3.90. The molecule has 0 saturated carbocycles. The van der Waals surface area contributed by atoms with Gasteiger partial charge in [0.25, 0.3) is 10.1 Å². The highest BCUT2D eigenvalue weighted by Crippen LogP contribution is 2.38. The summed E-state index contributed by atoms with van der Waals surface area (Å²) in [5.41, 5.74) is 0.0643. The third-order valence-corrected chi connectivity index (χ3v) is 4.35. The molecule has 0 aromatic heterocycles. The van der Waals surface area contributed by atoms with E-state index in [2.05, 4.69) is 18.7 Å². The molecule has 94 valence electrons. The second-order valence-corrected chi connectivity index (χ2v) is 7.26. The standard InChI is InChI=1S/C11H21NO3S/c1-11(2)8-10(15-16(3,13)14)7-9-5-4-6-12(9)11/h9-10H,4-8H2,1-3H3. The molecule has 0 bridgehead atoms. The molecule has 2 rings (SSSR count). The third-order valence-electron chi connectivity index (χ3n) is 3.73. The first-order chi connectivity index (χ1) is 7.28. The van der Waals surface area contributed by atoms with Gasteiger partial charge in [-0.2, -0.15) is 8.42 Å². The first kappa shape index (κ1) is 12.3. The van der Waals surface area contributed by atoms with Crippen LogP contribution in [0.1, 0.15) is 39.5 Å². The number of hydrogen-bond acceptors (Lipinski definition) is 4. The normalized spacial score (nSPS) is 34.9. The highest BCUT2D eigenvalue weighted by atomic mass is 32.2. The van der Waals surface area contributed by atoms with Crippen LogP contribution in [-0.2, 0) is 14.3 Å². The predicted molar refractivity (Wildman–Crippen MR) is 62.8 cm³/mol. The minimum atomic E-state index is -3.32. The smallest absolute Gasteiger partial charge is 0.264 e. The molecule has 0 aliphatic carbocycles. The maximum Gasteiger partial charge on any atom is 0.264 e.